The van der Waals surface area contributed by atoms with Gasteiger partial charge in [-0.25, -0.2) is 0 Å². The minimum Gasteiger partial charge on any atom is -0.383 e. The van der Waals surface area contributed by atoms with E-state index in [1.807, 2.05) is 13.8 Å². The van der Waals surface area contributed by atoms with Gasteiger partial charge < -0.3 is 11.1 Å². The lowest BCUT2D eigenvalue weighted by Gasteiger charge is -2.10. The highest BCUT2D eigenvalue weighted by Crippen LogP contribution is 2.19. The molecule has 0 aliphatic carbocycles. The van der Waals surface area contributed by atoms with E-state index in [1.54, 1.807) is 4.57 Å². The number of nitrogens with zero attached hydrogens (tertiary/aromatic N) is 2. The monoisotopic (exact) mass is 194 g/mol. The molecule has 2 rings (SSSR count). The number of nitrogen functional groups attached to an aromatic ring is 1. The molecule has 2 heterocycles. The highest BCUT2D eigenvalue weighted by atomic mass is 16.1. The number of nitrogens with two attached hydrogens (primary N) is 1. The first kappa shape index (κ1) is 9.05. The van der Waals surface area contributed by atoms with Crippen LogP contribution in [0.3, 0.4) is 0 Å². The highest BCUT2D eigenvalue weighted by Gasteiger charge is 2.19. The number of hydrogen-bond acceptors (Lipinski definition) is 4. The molecule has 0 fully saturated rings. The molecule has 5 nitrogen and oxygen atoms in total. The summed E-state index contributed by atoms with van der Waals surface area (Å²) in [7, 11) is 0. The zero-order chi connectivity index (χ0) is 10.3. The number of aromatic nitrogens is 2. The van der Waals surface area contributed by atoms with Gasteiger partial charge >= 0.3 is 0 Å². The standard InChI is InChI=1S/C9H14N4O/c1-5(2)6-7(10)12-9-11-3-4-13(9)8(6)14/h5H,3-4,10H2,1-2H3,(H,11,12). The zero-order valence-electron chi connectivity index (χ0n) is 8.37. The van der Waals surface area contributed by atoms with Crippen LogP contribution in [0.5, 0.6) is 0 Å². The van der Waals surface area contributed by atoms with Crippen molar-refractivity contribution in [2.45, 2.75) is 26.3 Å². The largest absolute Gasteiger partial charge is 0.383 e. The summed E-state index contributed by atoms with van der Waals surface area (Å²) in [5, 5.41) is 3.02. The maximum atomic E-state index is 11.9. The van der Waals surface area contributed by atoms with E-state index >= 15 is 0 Å². The molecule has 1 aromatic rings. The van der Waals surface area contributed by atoms with E-state index in [-0.39, 0.29) is 11.5 Å². The fourth-order valence-electron chi connectivity index (χ4n) is 1.75. The average Bonchev–Trinajstić information content (AvgIpc) is 2.50. The smallest absolute Gasteiger partial charge is 0.260 e. The maximum Gasteiger partial charge on any atom is 0.260 e. The van der Waals surface area contributed by atoms with Gasteiger partial charge in [0.15, 0.2) is 0 Å². The average molecular weight is 194 g/mol. The minimum absolute atomic E-state index is 0.00694. The van der Waals surface area contributed by atoms with Crippen LogP contribution >= 0.6 is 0 Å². The van der Waals surface area contributed by atoms with Crippen molar-refractivity contribution in [1.29, 1.82) is 0 Å². The summed E-state index contributed by atoms with van der Waals surface area (Å²) in [6, 6.07) is 0. The van der Waals surface area contributed by atoms with Crippen LogP contribution in [0.15, 0.2) is 4.79 Å². The molecule has 76 valence electrons. The molecule has 1 aliphatic heterocycles. The molecule has 14 heavy (non-hydrogen) atoms. The molecule has 0 spiro atoms. The fourth-order valence-corrected chi connectivity index (χ4v) is 1.75. The number of hydrogen-bond donors (Lipinski definition) is 2. The van der Waals surface area contributed by atoms with Crippen LogP contribution < -0.4 is 16.6 Å². The Morgan fingerprint density at radius 1 is 1.57 bits per heavy atom. The van der Waals surface area contributed by atoms with Crippen molar-refractivity contribution < 1.29 is 0 Å². The SMILES string of the molecule is CC(C)c1c(N)nc2n(c1=O)CCN2. The third kappa shape index (κ3) is 1.16. The first-order valence-electron chi connectivity index (χ1n) is 4.75. The number of rotatable bonds is 1. The Bertz CT molecular complexity index is 422. The van der Waals surface area contributed by atoms with E-state index in [0.29, 0.717) is 23.9 Å². The van der Waals surface area contributed by atoms with E-state index in [0.717, 1.165) is 6.54 Å². The zero-order valence-corrected chi connectivity index (χ0v) is 8.37. The third-order valence-electron chi connectivity index (χ3n) is 2.43. The lowest BCUT2D eigenvalue weighted by atomic mass is 10.1. The second kappa shape index (κ2) is 3.01. The van der Waals surface area contributed by atoms with Crippen LogP contribution in [0.25, 0.3) is 0 Å². The Kier molecular flexibility index (Phi) is 1.94. The van der Waals surface area contributed by atoms with Crippen LogP contribution in [-0.2, 0) is 6.54 Å². The van der Waals surface area contributed by atoms with Gasteiger partial charge in [-0.1, -0.05) is 13.8 Å². The van der Waals surface area contributed by atoms with Gasteiger partial charge in [-0.2, -0.15) is 4.98 Å². The van der Waals surface area contributed by atoms with Gasteiger partial charge in [0.05, 0.1) is 5.56 Å². The second-order valence-electron chi connectivity index (χ2n) is 3.77. The molecule has 1 aliphatic rings. The van der Waals surface area contributed by atoms with Crippen molar-refractivity contribution in [3.8, 4) is 0 Å². The summed E-state index contributed by atoms with van der Waals surface area (Å²) in [5.41, 5.74) is 6.35. The lowest BCUT2D eigenvalue weighted by molar-refractivity contribution is 0.726. The topological polar surface area (TPSA) is 72.9 Å². The summed E-state index contributed by atoms with van der Waals surface area (Å²) in [5.74, 6) is 1.07. The Morgan fingerprint density at radius 2 is 2.29 bits per heavy atom. The van der Waals surface area contributed by atoms with E-state index in [9.17, 15) is 4.79 Å². The molecule has 0 bridgehead atoms. The first-order valence-corrected chi connectivity index (χ1v) is 4.75. The number of fused-ring (bicyclic) bond motifs is 1. The van der Waals surface area contributed by atoms with Crippen molar-refractivity contribution in [2.75, 3.05) is 17.6 Å². The van der Waals surface area contributed by atoms with Crippen LogP contribution in [0.4, 0.5) is 11.8 Å². The molecule has 0 unspecified atom stereocenters. The molecule has 0 saturated heterocycles. The van der Waals surface area contributed by atoms with Crippen molar-refractivity contribution in [1.82, 2.24) is 9.55 Å². The molecule has 5 heteroatoms. The van der Waals surface area contributed by atoms with Crippen molar-refractivity contribution in [3.63, 3.8) is 0 Å². The summed E-state index contributed by atoms with van der Waals surface area (Å²) < 4.78 is 1.64. The number of anilines is 2. The van der Waals surface area contributed by atoms with E-state index in [4.69, 9.17) is 5.73 Å². The van der Waals surface area contributed by atoms with Gasteiger partial charge in [0.25, 0.3) is 5.56 Å². The summed E-state index contributed by atoms with van der Waals surface area (Å²) >= 11 is 0. The van der Waals surface area contributed by atoms with Crippen LogP contribution in [0.1, 0.15) is 25.3 Å². The van der Waals surface area contributed by atoms with Crippen molar-refractivity contribution in [2.24, 2.45) is 0 Å². The number of nitrogens with one attached hydrogen (secondary N) is 1. The Hall–Kier alpha value is -1.52. The minimum atomic E-state index is -0.00694. The van der Waals surface area contributed by atoms with Crippen LogP contribution in [-0.4, -0.2) is 16.1 Å². The van der Waals surface area contributed by atoms with Crippen LogP contribution in [0, 0.1) is 0 Å². The van der Waals surface area contributed by atoms with Crippen molar-refractivity contribution in [3.05, 3.63) is 15.9 Å². The Balaban J connectivity index is 2.69. The summed E-state index contributed by atoms with van der Waals surface area (Å²) in [4.78, 5) is 16.1. The van der Waals surface area contributed by atoms with E-state index in [2.05, 4.69) is 10.3 Å². The molecule has 0 aromatic carbocycles. The predicted molar refractivity (Wildman–Crippen MR) is 55.5 cm³/mol. The van der Waals surface area contributed by atoms with Gasteiger partial charge in [-0.05, 0) is 5.92 Å². The normalized spacial score (nSPS) is 14.2. The van der Waals surface area contributed by atoms with Gasteiger partial charge in [-0.3, -0.25) is 9.36 Å². The molecule has 0 amide bonds. The Labute approximate surface area is 82.0 Å². The van der Waals surface area contributed by atoms with E-state index in [1.165, 1.54) is 0 Å². The molecular weight excluding hydrogens is 180 g/mol. The fraction of sp³-hybridized carbons (Fsp3) is 0.556. The molecule has 0 radical (unpaired) electrons. The summed E-state index contributed by atoms with van der Waals surface area (Å²) in [6.07, 6.45) is 0. The second-order valence-corrected chi connectivity index (χ2v) is 3.77. The predicted octanol–water partition coefficient (Wildman–Crippen LogP) is 0.374. The molecule has 0 saturated carbocycles. The van der Waals surface area contributed by atoms with Crippen molar-refractivity contribution >= 4 is 11.8 Å². The lowest BCUT2D eigenvalue weighted by Crippen LogP contribution is -2.25. The van der Waals surface area contributed by atoms with Gasteiger partial charge in [0.2, 0.25) is 5.95 Å². The van der Waals surface area contributed by atoms with Gasteiger partial charge in [-0.15, -0.1) is 0 Å². The van der Waals surface area contributed by atoms with Gasteiger partial charge in [0.1, 0.15) is 5.82 Å². The summed E-state index contributed by atoms with van der Waals surface area (Å²) in [6.45, 7) is 5.33. The third-order valence-corrected chi connectivity index (χ3v) is 2.43. The molecule has 0 atom stereocenters. The molecule has 3 N–H and O–H groups in total. The highest BCUT2D eigenvalue weighted by molar-refractivity contribution is 5.46. The molecule has 1 aromatic heterocycles. The first-order chi connectivity index (χ1) is 6.61. The molecular formula is C9H14N4O. The van der Waals surface area contributed by atoms with Crippen LogP contribution in [0.2, 0.25) is 0 Å². The van der Waals surface area contributed by atoms with Gasteiger partial charge in [0, 0.05) is 13.1 Å². The Morgan fingerprint density at radius 3 is 2.93 bits per heavy atom. The van der Waals surface area contributed by atoms with E-state index < -0.39 is 0 Å². The quantitative estimate of drug-likeness (QED) is 0.677. The maximum absolute atomic E-state index is 11.9.